The Morgan fingerprint density at radius 3 is 2.39 bits per heavy atom. The molecular formula is C20H17ClN2O4S. The van der Waals surface area contributed by atoms with Gasteiger partial charge in [0.05, 0.1) is 35.5 Å². The van der Waals surface area contributed by atoms with Gasteiger partial charge in [-0.05, 0) is 41.8 Å². The Kier molecular flexibility index (Phi) is 6.18. The number of ether oxygens (including phenoxy) is 2. The van der Waals surface area contributed by atoms with Crippen LogP contribution in [0.4, 0.5) is 11.4 Å². The van der Waals surface area contributed by atoms with Crippen molar-refractivity contribution in [3.05, 3.63) is 69.4 Å². The van der Waals surface area contributed by atoms with Gasteiger partial charge in [-0.25, -0.2) is 0 Å². The topological polar surface area (TPSA) is 76.7 Å². The van der Waals surface area contributed by atoms with E-state index in [-0.39, 0.29) is 11.8 Å². The molecule has 0 aliphatic heterocycles. The van der Waals surface area contributed by atoms with Gasteiger partial charge < -0.3 is 20.1 Å². The maximum atomic E-state index is 12.7. The predicted octanol–water partition coefficient (Wildman–Crippen LogP) is 4.92. The number of amides is 2. The SMILES string of the molecule is COc1ccc(OC)c(NC(=O)c2ccc(Cl)c(NC(=O)c3cccs3)c2)c1. The first kappa shape index (κ1) is 19.7. The molecule has 2 aromatic carbocycles. The molecule has 3 aromatic rings. The average Bonchev–Trinajstić information content (AvgIpc) is 3.24. The molecule has 8 heteroatoms. The highest BCUT2D eigenvalue weighted by atomic mass is 35.5. The number of carbonyl (C=O) groups is 2. The van der Waals surface area contributed by atoms with Gasteiger partial charge in [-0.1, -0.05) is 17.7 Å². The van der Waals surface area contributed by atoms with Crippen LogP contribution in [-0.4, -0.2) is 26.0 Å². The number of hydrogen-bond acceptors (Lipinski definition) is 5. The molecule has 0 radical (unpaired) electrons. The zero-order chi connectivity index (χ0) is 20.1. The highest BCUT2D eigenvalue weighted by molar-refractivity contribution is 7.12. The van der Waals surface area contributed by atoms with Gasteiger partial charge in [0.2, 0.25) is 0 Å². The molecule has 0 unspecified atom stereocenters. The number of methoxy groups -OCH3 is 2. The van der Waals surface area contributed by atoms with Gasteiger partial charge in [-0.15, -0.1) is 11.3 Å². The fourth-order valence-electron chi connectivity index (χ4n) is 2.46. The second-order valence-corrected chi connectivity index (χ2v) is 7.00. The molecule has 2 N–H and O–H groups in total. The van der Waals surface area contributed by atoms with Crippen molar-refractivity contribution in [3.63, 3.8) is 0 Å². The van der Waals surface area contributed by atoms with Gasteiger partial charge in [0.15, 0.2) is 0 Å². The summed E-state index contributed by atoms with van der Waals surface area (Å²) < 4.78 is 10.5. The van der Waals surface area contributed by atoms with E-state index in [0.717, 1.165) is 0 Å². The monoisotopic (exact) mass is 416 g/mol. The molecule has 0 saturated heterocycles. The zero-order valence-electron chi connectivity index (χ0n) is 15.1. The summed E-state index contributed by atoms with van der Waals surface area (Å²) >= 11 is 7.49. The van der Waals surface area contributed by atoms with Crippen LogP contribution in [0, 0.1) is 0 Å². The second-order valence-electron chi connectivity index (χ2n) is 5.65. The lowest BCUT2D eigenvalue weighted by molar-refractivity contribution is 0.101. The van der Waals surface area contributed by atoms with Crippen molar-refractivity contribution in [2.24, 2.45) is 0 Å². The van der Waals surface area contributed by atoms with Crippen LogP contribution in [0.15, 0.2) is 53.9 Å². The lowest BCUT2D eigenvalue weighted by atomic mass is 10.1. The van der Waals surface area contributed by atoms with Crippen molar-refractivity contribution in [2.45, 2.75) is 0 Å². The molecular weight excluding hydrogens is 400 g/mol. The van der Waals surface area contributed by atoms with Crippen molar-refractivity contribution in [3.8, 4) is 11.5 Å². The van der Waals surface area contributed by atoms with Gasteiger partial charge in [-0.2, -0.15) is 0 Å². The van der Waals surface area contributed by atoms with E-state index in [4.69, 9.17) is 21.1 Å². The quantitative estimate of drug-likeness (QED) is 0.597. The molecule has 1 aromatic heterocycles. The van der Waals surface area contributed by atoms with Crippen LogP contribution in [0.5, 0.6) is 11.5 Å². The average molecular weight is 417 g/mol. The first-order chi connectivity index (χ1) is 13.5. The van der Waals surface area contributed by atoms with Crippen LogP contribution in [0.1, 0.15) is 20.0 Å². The number of nitrogens with one attached hydrogen (secondary N) is 2. The number of carbonyl (C=O) groups excluding carboxylic acids is 2. The predicted molar refractivity (Wildman–Crippen MR) is 111 cm³/mol. The summed E-state index contributed by atoms with van der Waals surface area (Å²) in [6.45, 7) is 0. The summed E-state index contributed by atoms with van der Waals surface area (Å²) in [5.41, 5.74) is 1.15. The molecule has 6 nitrogen and oxygen atoms in total. The molecule has 0 fully saturated rings. The minimum Gasteiger partial charge on any atom is -0.497 e. The van der Waals surface area contributed by atoms with Gasteiger partial charge in [0.25, 0.3) is 11.8 Å². The Labute approximate surface area is 171 Å². The number of anilines is 2. The molecule has 0 aliphatic carbocycles. The van der Waals surface area contributed by atoms with Crippen molar-refractivity contribution in [1.82, 2.24) is 0 Å². The van der Waals surface area contributed by atoms with E-state index in [9.17, 15) is 9.59 Å². The smallest absolute Gasteiger partial charge is 0.265 e. The summed E-state index contributed by atoms with van der Waals surface area (Å²) in [5.74, 6) is 0.407. The third-order valence-corrected chi connectivity index (χ3v) is 5.07. The molecule has 28 heavy (non-hydrogen) atoms. The molecule has 0 saturated carbocycles. The number of hydrogen-bond donors (Lipinski definition) is 2. The molecule has 144 valence electrons. The highest BCUT2D eigenvalue weighted by Crippen LogP contribution is 2.30. The molecule has 0 atom stereocenters. The fourth-order valence-corrected chi connectivity index (χ4v) is 3.24. The summed E-state index contributed by atoms with van der Waals surface area (Å²) in [5, 5.41) is 7.65. The third-order valence-electron chi connectivity index (χ3n) is 3.88. The van der Waals surface area contributed by atoms with Crippen LogP contribution in [0.25, 0.3) is 0 Å². The lowest BCUT2D eigenvalue weighted by Crippen LogP contribution is -2.15. The van der Waals surface area contributed by atoms with E-state index in [1.807, 2.05) is 5.38 Å². The molecule has 1 heterocycles. The molecule has 0 bridgehead atoms. The van der Waals surface area contributed by atoms with E-state index in [0.29, 0.717) is 38.3 Å². The van der Waals surface area contributed by atoms with Gasteiger partial charge in [-0.3, -0.25) is 9.59 Å². The fraction of sp³-hybridized carbons (Fsp3) is 0.100. The van der Waals surface area contributed by atoms with E-state index >= 15 is 0 Å². The van der Waals surface area contributed by atoms with E-state index in [1.54, 1.807) is 42.5 Å². The molecule has 3 rings (SSSR count). The first-order valence-electron chi connectivity index (χ1n) is 8.19. The van der Waals surface area contributed by atoms with E-state index in [1.165, 1.54) is 31.6 Å². The van der Waals surface area contributed by atoms with Crippen LogP contribution in [0.2, 0.25) is 5.02 Å². The van der Waals surface area contributed by atoms with Crippen LogP contribution >= 0.6 is 22.9 Å². The minimum atomic E-state index is -0.380. The highest BCUT2D eigenvalue weighted by Gasteiger charge is 2.15. The zero-order valence-corrected chi connectivity index (χ0v) is 16.7. The molecule has 2 amide bonds. The summed E-state index contributed by atoms with van der Waals surface area (Å²) in [6.07, 6.45) is 0. The summed E-state index contributed by atoms with van der Waals surface area (Å²) in [7, 11) is 3.05. The number of thiophene rings is 1. The van der Waals surface area contributed by atoms with Gasteiger partial charge >= 0.3 is 0 Å². The van der Waals surface area contributed by atoms with Crippen molar-refractivity contribution in [2.75, 3.05) is 24.9 Å². The third kappa shape index (κ3) is 4.44. The van der Waals surface area contributed by atoms with E-state index in [2.05, 4.69) is 10.6 Å². The van der Waals surface area contributed by atoms with Gasteiger partial charge in [0.1, 0.15) is 11.5 Å². The number of rotatable bonds is 6. The van der Waals surface area contributed by atoms with Crippen LogP contribution in [0.3, 0.4) is 0 Å². The Balaban J connectivity index is 1.82. The van der Waals surface area contributed by atoms with Crippen molar-refractivity contribution in [1.29, 1.82) is 0 Å². The maximum Gasteiger partial charge on any atom is 0.265 e. The van der Waals surface area contributed by atoms with E-state index < -0.39 is 0 Å². The number of benzene rings is 2. The molecule has 0 spiro atoms. The van der Waals surface area contributed by atoms with Crippen LogP contribution in [-0.2, 0) is 0 Å². The van der Waals surface area contributed by atoms with Crippen molar-refractivity contribution >= 4 is 46.1 Å². The second kappa shape index (κ2) is 8.77. The Morgan fingerprint density at radius 1 is 0.929 bits per heavy atom. The summed E-state index contributed by atoms with van der Waals surface area (Å²) in [6, 6.07) is 13.2. The summed E-state index contributed by atoms with van der Waals surface area (Å²) in [4.78, 5) is 25.5. The Morgan fingerprint density at radius 2 is 1.71 bits per heavy atom. The first-order valence-corrected chi connectivity index (χ1v) is 9.45. The number of halogens is 1. The van der Waals surface area contributed by atoms with Crippen molar-refractivity contribution < 1.29 is 19.1 Å². The van der Waals surface area contributed by atoms with Gasteiger partial charge in [0, 0.05) is 11.6 Å². The Bertz CT molecular complexity index is 1010. The standard InChI is InChI=1S/C20H17ClN2O4S/c1-26-13-6-8-17(27-2)16(11-13)23-19(24)12-5-7-14(21)15(10-12)22-20(25)18-4-3-9-28-18/h3-11H,1-2H3,(H,22,25)(H,23,24). The Hall–Kier alpha value is -3.03. The largest absolute Gasteiger partial charge is 0.497 e. The molecule has 0 aliphatic rings. The van der Waals surface area contributed by atoms with Crippen LogP contribution < -0.4 is 20.1 Å². The lowest BCUT2D eigenvalue weighted by Gasteiger charge is -2.13. The minimum absolute atomic E-state index is 0.288. The normalized spacial score (nSPS) is 10.2. The maximum absolute atomic E-state index is 12.7.